The molecule has 0 bridgehead atoms. The van der Waals surface area contributed by atoms with Gasteiger partial charge >= 0.3 is 6.18 Å². The van der Waals surface area contributed by atoms with Gasteiger partial charge in [0.1, 0.15) is 12.2 Å². The van der Waals surface area contributed by atoms with Crippen LogP contribution in [0.15, 0.2) is 6.33 Å². The molecule has 4 nitrogen and oxygen atoms in total. The SMILES string of the molecule is CCn1ncnc1CC(C)(O)CCCC(F)(F)F. The van der Waals surface area contributed by atoms with Gasteiger partial charge in [-0.05, 0) is 26.7 Å². The average molecular weight is 265 g/mol. The van der Waals surface area contributed by atoms with Gasteiger partial charge in [0.2, 0.25) is 0 Å². The molecule has 104 valence electrons. The van der Waals surface area contributed by atoms with Crippen LogP contribution in [-0.4, -0.2) is 31.6 Å². The first-order chi connectivity index (χ1) is 8.23. The summed E-state index contributed by atoms with van der Waals surface area (Å²) in [5, 5.41) is 14.0. The molecule has 7 heteroatoms. The number of nitrogens with zero attached hydrogens (tertiary/aromatic N) is 3. The third-order valence-electron chi connectivity index (χ3n) is 2.71. The summed E-state index contributed by atoms with van der Waals surface area (Å²) >= 11 is 0. The summed E-state index contributed by atoms with van der Waals surface area (Å²) in [7, 11) is 0. The number of hydrogen-bond donors (Lipinski definition) is 1. The molecule has 1 unspecified atom stereocenters. The quantitative estimate of drug-likeness (QED) is 0.858. The van der Waals surface area contributed by atoms with Crippen LogP contribution in [0.5, 0.6) is 0 Å². The van der Waals surface area contributed by atoms with Crippen molar-refractivity contribution in [2.24, 2.45) is 0 Å². The summed E-state index contributed by atoms with van der Waals surface area (Å²) in [5.41, 5.74) is -1.19. The third-order valence-corrected chi connectivity index (χ3v) is 2.71. The Kier molecular flexibility index (Phi) is 4.72. The summed E-state index contributed by atoms with van der Waals surface area (Å²) in [6.45, 7) is 4.03. The van der Waals surface area contributed by atoms with Crippen molar-refractivity contribution in [3.05, 3.63) is 12.2 Å². The Morgan fingerprint density at radius 1 is 1.33 bits per heavy atom. The van der Waals surface area contributed by atoms with Crippen LogP contribution in [0.4, 0.5) is 13.2 Å². The zero-order valence-electron chi connectivity index (χ0n) is 10.5. The largest absolute Gasteiger partial charge is 0.390 e. The number of aromatic nitrogens is 3. The predicted octanol–water partition coefficient (Wildman–Crippen LogP) is 2.32. The van der Waals surface area contributed by atoms with E-state index < -0.39 is 18.2 Å². The standard InChI is InChI=1S/C11H18F3N3O/c1-3-17-9(15-8-16-17)7-10(2,18)5-4-6-11(12,13)14/h8,18H,3-7H2,1-2H3. The van der Waals surface area contributed by atoms with Crippen LogP contribution in [0.25, 0.3) is 0 Å². The Hall–Kier alpha value is -1.11. The Labute approximate surface area is 104 Å². The highest BCUT2D eigenvalue weighted by molar-refractivity contribution is 4.92. The number of rotatable bonds is 6. The minimum absolute atomic E-state index is 0.0864. The van der Waals surface area contributed by atoms with Crippen LogP contribution in [0.3, 0.4) is 0 Å². The number of aliphatic hydroxyl groups is 1. The predicted molar refractivity (Wildman–Crippen MR) is 59.9 cm³/mol. The zero-order valence-corrected chi connectivity index (χ0v) is 10.5. The highest BCUT2D eigenvalue weighted by Crippen LogP contribution is 2.26. The fourth-order valence-electron chi connectivity index (χ4n) is 1.79. The zero-order chi connectivity index (χ0) is 13.8. The van der Waals surface area contributed by atoms with Crippen LogP contribution >= 0.6 is 0 Å². The van der Waals surface area contributed by atoms with Crippen molar-refractivity contribution in [1.82, 2.24) is 14.8 Å². The lowest BCUT2D eigenvalue weighted by molar-refractivity contribution is -0.137. The van der Waals surface area contributed by atoms with Gasteiger partial charge in [-0.1, -0.05) is 0 Å². The molecule has 0 fully saturated rings. The minimum atomic E-state index is -4.17. The normalized spacial score (nSPS) is 15.7. The molecule has 1 atom stereocenters. The molecule has 0 aromatic carbocycles. The molecular formula is C11H18F3N3O. The highest BCUT2D eigenvalue weighted by Gasteiger charge is 2.29. The van der Waals surface area contributed by atoms with E-state index in [1.54, 1.807) is 4.68 Å². The van der Waals surface area contributed by atoms with Crippen LogP contribution in [-0.2, 0) is 13.0 Å². The molecule has 0 aliphatic rings. The fourth-order valence-corrected chi connectivity index (χ4v) is 1.79. The second kappa shape index (κ2) is 5.69. The van der Waals surface area contributed by atoms with Crippen molar-refractivity contribution >= 4 is 0 Å². The van der Waals surface area contributed by atoms with Crippen molar-refractivity contribution in [1.29, 1.82) is 0 Å². The molecule has 0 amide bonds. The Morgan fingerprint density at radius 2 is 2.00 bits per heavy atom. The molecule has 1 rings (SSSR count). The molecule has 0 aliphatic heterocycles. The van der Waals surface area contributed by atoms with E-state index in [9.17, 15) is 18.3 Å². The van der Waals surface area contributed by atoms with Gasteiger partial charge in [0.05, 0.1) is 5.60 Å². The van der Waals surface area contributed by atoms with Gasteiger partial charge in [-0.2, -0.15) is 18.3 Å². The number of halogens is 3. The summed E-state index contributed by atoms with van der Waals surface area (Å²) in [4.78, 5) is 4.00. The van der Waals surface area contributed by atoms with Crippen molar-refractivity contribution in [2.75, 3.05) is 0 Å². The summed E-state index contributed by atoms with van der Waals surface area (Å²) in [6.07, 6.45) is -3.45. The maximum absolute atomic E-state index is 12.0. The lowest BCUT2D eigenvalue weighted by atomic mass is 9.95. The second-order valence-corrected chi connectivity index (χ2v) is 4.63. The van der Waals surface area contributed by atoms with Crippen LogP contribution in [0.1, 0.15) is 38.9 Å². The van der Waals surface area contributed by atoms with E-state index in [0.29, 0.717) is 12.4 Å². The highest BCUT2D eigenvalue weighted by atomic mass is 19.4. The van der Waals surface area contributed by atoms with E-state index in [0.717, 1.165) is 0 Å². The van der Waals surface area contributed by atoms with E-state index in [2.05, 4.69) is 10.1 Å². The number of hydrogen-bond acceptors (Lipinski definition) is 3. The van der Waals surface area contributed by atoms with Crippen molar-refractivity contribution in [3.8, 4) is 0 Å². The smallest absolute Gasteiger partial charge is 0.389 e. The summed E-state index contributed by atoms with van der Waals surface area (Å²) < 4.78 is 37.7. The van der Waals surface area contributed by atoms with Gasteiger partial charge in [-0.25, -0.2) is 4.98 Å². The molecule has 1 heterocycles. The van der Waals surface area contributed by atoms with E-state index >= 15 is 0 Å². The number of aryl methyl sites for hydroxylation is 1. The molecule has 1 aromatic heterocycles. The van der Waals surface area contributed by atoms with E-state index in [-0.39, 0.29) is 19.3 Å². The van der Waals surface area contributed by atoms with Gasteiger partial charge in [0.25, 0.3) is 0 Å². The second-order valence-electron chi connectivity index (χ2n) is 4.63. The van der Waals surface area contributed by atoms with Crippen LogP contribution in [0.2, 0.25) is 0 Å². The molecule has 0 saturated heterocycles. The summed E-state index contributed by atoms with van der Waals surface area (Å²) in [5.74, 6) is 0.592. The first kappa shape index (κ1) is 14.9. The molecule has 0 radical (unpaired) electrons. The maximum Gasteiger partial charge on any atom is 0.389 e. The minimum Gasteiger partial charge on any atom is -0.390 e. The van der Waals surface area contributed by atoms with Gasteiger partial charge in [0.15, 0.2) is 0 Å². The van der Waals surface area contributed by atoms with Gasteiger partial charge in [0, 0.05) is 19.4 Å². The third kappa shape index (κ3) is 5.03. The van der Waals surface area contributed by atoms with Gasteiger partial charge in [-0.15, -0.1) is 0 Å². The molecule has 0 aliphatic carbocycles. The molecule has 1 N–H and O–H groups in total. The first-order valence-corrected chi connectivity index (χ1v) is 5.89. The lowest BCUT2D eigenvalue weighted by Crippen LogP contribution is -2.29. The maximum atomic E-state index is 12.0. The van der Waals surface area contributed by atoms with Gasteiger partial charge in [-0.3, -0.25) is 4.68 Å². The fraction of sp³-hybridized carbons (Fsp3) is 0.818. The summed E-state index contributed by atoms with van der Waals surface area (Å²) in [6, 6.07) is 0. The monoisotopic (exact) mass is 265 g/mol. The van der Waals surface area contributed by atoms with E-state index in [1.807, 2.05) is 6.92 Å². The molecule has 0 spiro atoms. The molecule has 1 aromatic rings. The van der Waals surface area contributed by atoms with Gasteiger partial charge < -0.3 is 5.11 Å². The Bertz CT molecular complexity index is 374. The van der Waals surface area contributed by atoms with E-state index in [1.165, 1.54) is 13.3 Å². The molecule has 0 saturated carbocycles. The Morgan fingerprint density at radius 3 is 2.56 bits per heavy atom. The van der Waals surface area contributed by atoms with Crippen molar-refractivity contribution in [2.45, 2.75) is 57.9 Å². The first-order valence-electron chi connectivity index (χ1n) is 5.89. The number of alkyl halides is 3. The lowest BCUT2D eigenvalue weighted by Gasteiger charge is -2.23. The van der Waals surface area contributed by atoms with Crippen LogP contribution < -0.4 is 0 Å². The molecule has 18 heavy (non-hydrogen) atoms. The van der Waals surface area contributed by atoms with Crippen molar-refractivity contribution < 1.29 is 18.3 Å². The average Bonchev–Trinajstić information content (AvgIpc) is 2.61. The van der Waals surface area contributed by atoms with E-state index in [4.69, 9.17) is 0 Å². The van der Waals surface area contributed by atoms with Crippen molar-refractivity contribution in [3.63, 3.8) is 0 Å². The Balaban J connectivity index is 2.49. The topological polar surface area (TPSA) is 50.9 Å². The molecular weight excluding hydrogens is 247 g/mol. The van der Waals surface area contributed by atoms with Crippen LogP contribution in [0, 0.1) is 0 Å².